The van der Waals surface area contributed by atoms with Crippen molar-refractivity contribution >= 4 is 17.6 Å². The monoisotopic (exact) mass is 349 g/mol. The van der Waals surface area contributed by atoms with Gasteiger partial charge >= 0.3 is 6.03 Å². The molecule has 1 aliphatic heterocycles. The second kappa shape index (κ2) is 7.75. The summed E-state index contributed by atoms with van der Waals surface area (Å²) in [6.07, 6.45) is 8.21. The van der Waals surface area contributed by atoms with Crippen LogP contribution < -0.4 is 11.1 Å². The molecule has 0 bridgehead atoms. The van der Waals surface area contributed by atoms with Gasteiger partial charge in [-0.15, -0.1) is 0 Å². The lowest BCUT2D eigenvalue weighted by atomic mass is 9.69. The van der Waals surface area contributed by atoms with E-state index in [2.05, 4.69) is 17.4 Å². The number of nitrogens with one attached hydrogen (secondary N) is 1. The normalized spacial score (nSPS) is 21.6. The number of nitrogens with two attached hydrogens (primary N) is 1. The molecule has 0 atom stereocenters. The van der Waals surface area contributed by atoms with E-state index in [1.165, 1.54) is 37.7 Å². The van der Waals surface area contributed by atoms with Gasteiger partial charge in [-0.05, 0) is 37.3 Å². The molecule has 0 spiro atoms. The minimum Gasteiger partial charge on any atom is -0.351 e. The van der Waals surface area contributed by atoms with Crippen LogP contribution in [0.25, 0.3) is 0 Å². The van der Waals surface area contributed by atoms with Crippen molar-refractivity contribution in [3.8, 4) is 0 Å². The number of primary amides is 1. The van der Waals surface area contributed by atoms with E-state index in [-0.39, 0.29) is 11.4 Å². The fourth-order valence-electron chi connectivity index (χ4n) is 4.30. The van der Waals surface area contributed by atoms with E-state index < -0.39 is 0 Å². The highest BCUT2D eigenvalue weighted by atomic mass is 35.5. The fourth-order valence-corrected chi connectivity index (χ4v) is 4.64. The highest BCUT2D eigenvalue weighted by Gasteiger charge is 2.36. The number of amides is 2. The number of piperidine rings is 1. The summed E-state index contributed by atoms with van der Waals surface area (Å²) in [6, 6.07) is 8.48. The molecule has 2 fully saturated rings. The van der Waals surface area contributed by atoms with E-state index in [1.54, 1.807) is 4.90 Å². The number of halogens is 1. The van der Waals surface area contributed by atoms with Gasteiger partial charge in [0, 0.05) is 36.1 Å². The van der Waals surface area contributed by atoms with E-state index in [4.69, 9.17) is 17.3 Å². The van der Waals surface area contributed by atoms with Crippen molar-refractivity contribution in [1.82, 2.24) is 10.2 Å². The van der Waals surface area contributed by atoms with Crippen molar-refractivity contribution in [1.29, 1.82) is 0 Å². The van der Waals surface area contributed by atoms with Crippen LogP contribution in [0.1, 0.15) is 50.5 Å². The smallest absolute Gasteiger partial charge is 0.314 e. The highest BCUT2D eigenvalue weighted by Crippen LogP contribution is 2.42. The van der Waals surface area contributed by atoms with E-state index in [0.717, 1.165) is 37.5 Å². The number of rotatable bonds is 4. The summed E-state index contributed by atoms with van der Waals surface area (Å²) in [5, 5.41) is 4.67. The summed E-state index contributed by atoms with van der Waals surface area (Å²) in [4.78, 5) is 13.0. The molecule has 1 saturated carbocycles. The third-order valence-electron chi connectivity index (χ3n) is 5.79. The van der Waals surface area contributed by atoms with Crippen molar-refractivity contribution in [3.63, 3.8) is 0 Å². The molecule has 2 amide bonds. The first kappa shape index (κ1) is 17.6. The first-order chi connectivity index (χ1) is 11.6. The number of hydrogen-bond acceptors (Lipinski definition) is 2. The first-order valence-electron chi connectivity index (χ1n) is 9.13. The number of carbonyl (C=O) groups is 1. The lowest BCUT2D eigenvalue weighted by molar-refractivity contribution is 0.180. The highest BCUT2D eigenvalue weighted by molar-refractivity contribution is 6.31. The average Bonchev–Trinajstić information content (AvgIpc) is 2.61. The van der Waals surface area contributed by atoms with Gasteiger partial charge in [0.2, 0.25) is 0 Å². The van der Waals surface area contributed by atoms with Crippen LogP contribution in [-0.4, -0.2) is 36.6 Å². The second-order valence-electron chi connectivity index (χ2n) is 7.30. The predicted octanol–water partition coefficient (Wildman–Crippen LogP) is 3.67. The van der Waals surface area contributed by atoms with Crippen LogP contribution in [-0.2, 0) is 5.41 Å². The maximum Gasteiger partial charge on any atom is 0.314 e. The lowest BCUT2D eigenvalue weighted by Gasteiger charge is -2.41. The van der Waals surface area contributed by atoms with Crippen LogP contribution in [0.2, 0.25) is 5.02 Å². The average molecular weight is 350 g/mol. The molecule has 5 heteroatoms. The molecular weight excluding hydrogens is 322 g/mol. The van der Waals surface area contributed by atoms with Crippen LogP contribution in [0.3, 0.4) is 0 Å². The summed E-state index contributed by atoms with van der Waals surface area (Å²) < 4.78 is 0. The topological polar surface area (TPSA) is 58.4 Å². The van der Waals surface area contributed by atoms with Crippen molar-refractivity contribution in [2.45, 2.75) is 56.4 Å². The zero-order valence-corrected chi connectivity index (χ0v) is 15.0. The molecule has 132 valence electrons. The standard InChI is InChI=1S/C19H28ClN3O/c20-17-7-3-2-6-16(17)19(10-4-1-5-11-19)14-22-15-8-12-23(13-9-15)18(21)24/h2-3,6-7,15,22H,1,4-5,8-14H2,(H2,21,24). The third-order valence-corrected chi connectivity index (χ3v) is 6.12. The molecule has 24 heavy (non-hydrogen) atoms. The van der Waals surface area contributed by atoms with Crippen LogP contribution in [0.4, 0.5) is 4.79 Å². The molecule has 3 rings (SSSR count). The summed E-state index contributed by atoms with van der Waals surface area (Å²) in [5.74, 6) is 0. The molecular formula is C19H28ClN3O. The maximum absolute atomic E-state index is 11.3. The zero-order valence-electron chi connectivity index (χ0n) is 14.3. The van der Waals surface area contributed by atoms with Crippen molar-refractivity contribution < 1.29 is 4.79 Å². The van der Waals surface area contributed by atoms with Gasteiger partial charge in [-0.1, -0.05) is 49.1 Å². The summed E-state index contributed by atoms with van der Waals surface area (Å²) in [6.45, 7) is 2.48. The molecule has 1 aromatic carbocycles. The number of nitrogens with zero attached hydrogens (tertiary/aromatic N) is 1. The van der Waals surface area contributed by atoms with Gasteiger partial charge in [0.1, 0.15) is 0 Å². The van der Waals surface area contributed by atoms with E-state index in [0.29, 0.717) is 6.04 Å². The number of benzene rings is 1. The number of likely N-dealkylation sites (tertiary alicyclic amines) is 1. The summed E-state index contributed by atoms with van der Waals surface area (Å²) in [7, 11) is 0. The third kappa shape index (κ3) is 3.86. The van der Waals surface area contributed by atoms with Gasteiger partial charge in [-0.2, -0.15) is 0 Å². The molecule has 0 aromatic heterocycles. The Kier molecular flexibility index (Phi) is 5.67. The largest absolute Gasteiger partial charge is 0.351 e. The summed E-state index contributed by atoms with van der Waals surface area (Å²) in [5.41, 5.74) is 6.82. The molecule has 4 nitrogen and oxygen atoms in total. The zero-order chi connectivity index (χ0) is 17.0. The second-order valence-corrected chi connectivity index (χ2v) is 7.71. The van der Waals surface area contributed by atoms with Crippen LogP contribution in [0, 0.1) is 0 Å². The first-order valence-corrected chi connectivity index (χ1v) is 9.51. The molecule has 1 heterocycles. The van der Waals surface area contributed by atoms with Gasteiger partial charge in [-0.25, -0.2) is 4.79 Å². The Morgan fingerprint density at radius 1 is 1.21 bits per heavy atom. The van der Waals surface area contributed by atoms with Crippen molar-refractivity contribution in [3.05, 3.63) is 34.9 Å². The van der Waals surface area contributed by atoms with Crippen LogP contribution >= 0.6 is 11.6 Å². The van der Waals surface area contributed by atoms with E-state index in [1.807, 2.05) is 12.1 Å². The fraction of sp³-hybridized carbons (Fsp3) is 0.632. The molecule has 1 aromatic rings. The van der Waals surface area contributed by atoms with E-state index >= 15 is 0 Å². The van der Waals surface area contributed by atoms with Crippen molar-refractivity contribution in [2.75, 3.05) is 19.6 Å². The molecule has 0 unspecified atom stereocenters. The molecule has 1 saturated heterocycles. The SMILES string of the molecule is NC(=O)N1CCC(NCC2(c3ccccc3Cl)CCCCC2)CC1. The Labute approximate surface area is 149 Å². The molecule has 0 radical (unpaired) electrons. The quantitative estimate of drug-likeness (QED) is 0.871. The van der Waals surface area contributed by atoms with Crippen molar-refractivity contribution in [2.24, 2.45) is 5.73 Å². The van der Waals surface area contributed by atoms with Gasteiger partial charge < -0.3 is 16.0 Å². The summed E-state index contributed by atoms with van der Waals surface area (Å²) >= 11 is 6.54. The molecule has 2 aliphatic rings. The maximum atomic E-state index is 11.3. The van der Waals surface area contributed by atoms with Gasteiger partial charge in [0.15, 0.2) is 0 Å². The molecule has 1 aliphatic carbocycles. The van der Waals surface area contributed by atoms with Gasteiger partial charge in [0.25, 0.3) is 0 Å². The Hall–Kier alpha value is -1.26. The number of hydrogen-bond donors (Lipinski definition) is 2. The Bertz CT molecular complexity index is 563. The van der Waals surface area contributed by atoms with Gasteiger partial charge in [0.05, 0.1) is 0 Å². The number of urea groups is 1. The minimum absolute atomic E-state index is 0.150. The Balaban J connectivity index is 1.66. The Morgan fingerprint density at radius 3 is 2.50 bits per heavy atom. The van der Waals surface area contributed by atoms with Crippen LogP contribution in [0.5, 0.6) is 0 Å². The van der Waals surface area contributed by atoms with Gasteiger partial charge in [-0.3, -0.25) is 0 Å². The minimum atomic E-state index is -0.298. The molecule has 3 N–H and O–H groups in total. The van der Waals surface area contributed by atoms with Crippen LogP contribution in [0.15, 0.2) is 24.3 Å². The number of carbonyl (C=O) groups excluding carboxylic acids is 1. The lowest BCUT2D eigenvalue weighted by Crippen LogP contribution is -2.50. The Morgan fingerprint density at radius 2 is 1.88 bits per heavy atom. The van der Waals surface area contributed by atoms with E-state index in [9.17, 15) is 4.79 Å². The predicted molar refractivity (Wildman–Crippen MR) is 98.4 cm³/mol.